The molecule has 2 heterocycles. The van der Waals surface area contributed by atoms with Crippen molar-refractivity contribution in [3.63, 3.8) is 0 Å². The van der Waals surface area contributed by atoms with Crippen molar-refractivity contribution in [3.8, 4) is 0 Å². The van der Waals surface area contributed by atoms with Gasteiger partial charge in [0.2, 0.25) is 0 Å². The molecular weight excluding hydrogens is 334 g/mol. The second-order valence-electron chi connectivity index (χ2n) is 7.32. The Bertz CT molecular complexity index is 793. The largest absolute Gasteiger partial charge is 0.390 e. The van der Waals surface area contributed by atoms with Crippen LogP contribution < -0.4 is 10.2 Å². The molecule has 0 bridgehead atoms. The number of anilines is 2. The number of fused-ring (bicyclic) bond motifs is 1. The third-order valence-electron chi connectivity index (χ3n) is 5.54. The molecular formula is C19H23N3O2S. The number of benzene rings is 1. The van der Waals surface area contributed by atoms with Gasteiger partial charge in [-0.25, -0.2) is 4.98 Å². The highest BCUT2D eigenvalue weighted by atomic mass is 32.1. The van der Waals surface area contributed by atoms with E-state index >= 15 is 0 Å². The number of rotatable bonds is 3. The number of hydrogen-bond acceptors (Lipinski definition) is 6. The Morgan fingerprint density at radius 1 is 1.24 bits per heavy atom. The SMILES string of the molecule is CN1/C(=C/C2C(O)C(Nc3nccs3)C2O)C(C)(C)c2ccccc21. The van der Waals surface area contributed by atoms with Crippen molar-refractivity contribution < 1.29 is 10.2 Å². The normalized spacial score (nSPS) is 31.7. The number of hydrogen-bond donors (Lipinski definition) is 3. The third-order valence-corrected chi connectivity index (χ3v) is 6.24. The number of aliphatic hydroxyl groups is 2. The quantitative estimate of drug-likeness (QED) is 0.788. The highest BCUT2D eigenvalue weighted by Crippen LogP contribution is 2.48. The van der Waals surface area contributed by atoms with Gasteiger partial charge in [0.25, 0.3) is 0 Å². The Balaban J connectivity index is 1.58. The molecule has 2 aliphatic rings. The van der Waals surface area contributed by atoms with E-state index < -0.39 is 12.2 Å². The van der Waals surface area contributed by atoms with Crippen LogP contribution in [0.3, 0.4) is 0 Å². The first-order valence-electron chi connectivity index (χ1n) is 8.49. The van der Waals surface area contributed by atoms with Crippen LogP contribution in [0.1, 0.15) is 19.4 Å². The van der Waals surface area contributed by atoms with Crippen LogP contribution in [-0.2, 0) is 5.41 Å². The topological polar surface area (TPSA) is 68.6 Å². The smallest absolute Gasteiger partial charge is 0.182 e. The fourth-order valence-corrected chi connectivity index (χ4v) is 4.60. The summed E-state index contributed by atoms with van der Waals surface area (Å²) >= 11 is 1.46. The summed E-state index contributed by atoms with van der Waals surface area (Å²) in [5, 5.41) is 26.8. The number of nitrogens with one attached hydrogen (secondary N) is 1. The summed E-state index contributed by atoms with van der Waals surface area (Å²) in [6, 6.07) is 7.96. The zero-order chi connectivity index (χ0) is 17.8. The predicted molar refractivity (Wildman–Crippen MR) is 101 cm³/mol. The van der Waals surface area contributed by atoms with Gasteiger partial charge in [-0.2, -0.15) is 0 Å². The lowest BCUT2D eigenvalue weighted by Crippen LogP contribution is -2.62. The molecule has 0 amide bonds. The molecule has 25 heavy (non-hydrogen) atoms. The Labute approximate surface area is 151 Å². The molecule has 3 N–H and O–H groups in total. The summed E-state index contributed by atoms with van der Waals surface area (Å²) in [7, 11) is 2.04. The van der Waals surface area contributed by atoms with Gasteiger partial charge in [-0.3, -0.25) is 0 Å². The molecule has 1 saturated carbocycles. The number of thiazole rings is 1. The van der Waals surface area contributed by atoms with Crippen LogP contribution >= 0.6 is 11.3 Å². The molecule has 4 rings (SSSR count). The van der Waals surface area contributed by atoms with E-state index in [1.165, 1.54) is 22.6 Å². The van der Waals surface area contributed by atoms with E-state index in [1.54, 1.807) is 6.20 Å². The molecule has 1 fully saturated rings. The molecule has 0 saturated heterocycles. The maximum atomic E-state index is 10.6. The van der Waals surface area contributed by atoms with E-state index in [1.807, 2.05) is 24.6 Å². The highest BCUT2D eigenvalue weighted by Gasteiger charge is 2.50. The number of aliphatic hydroxyl groups excluding tert-OH is 2. The first-order chi connectivity index (χ1) is 11.9. The van der Waals surface area contributed by atoms with Crippen LogP contribution in [0.15, 0.2) is 47.6 Å². The minimum Gasteiger partial charge on any atom is -0.390 e. The molecule has 2 atom stereocenters. The number of allylic oxidation sites excluding steroid dienone is 1. The van der Waals surface area contributed by atoms with Crippen LogP contribution in [0, 0.1) is 5.92 Å². The summed E-state index contributed by atoms with van der Waals surface area (Å²) in [6.07, 6.45) is 2.46. The Hall–Kier alpha value is -1.89. The molecule has 132 valence electrons. The lowest BCUT2D eigenvalue weighted by Gasteiger charge is -2.46. The van der Waals surface area contributed by atoms with Gasteiger partial charge < -0.3 is 20.4 Å². The maximum Gasteiger partial charge on any atom is 0.182 e. The second-order valence-corrected chi connectivity index (χ2v) is 8.21. The van der Waals surface area contributed by atoms with Crippen LogP contribution in [0.2, 0.25) is 0 Å². The van der Waals surface area contributed by atoms with E-state index in [4.69, 9.17) is 0 Å². The van der Waals surface area contributed by atoms with Crippen molar-refractivity contribution >= 4 is 22.2 Å². The zero-order valence-corrected chi connectivity index (χ0v) is 15.4. The summed E-state index contributed by atoms with van der Waals surface area (Å²) in [5.41, 5.74) is 3.41. The van der Waals surface area contributed by atoms with Gasteiger partial charge in [-0.1, -0.05) is 38.1 Å². The van der Waals surface area contributed by atoms with Gasteiger partial charge in [-0.15, -0.1) is 11.3 Å². The average Bonchev–Trinajstić information content (AvgIpc) is 3.18. The summed E-state index contributed by atoms with van der Waals surface area (Å²) in [4.78, 5) is 6.32. The van der Waals surface area contributed by atoms with Gasteiger partial charge in [0, 0.05) is 41.3 Å². The van der Waals surface area contributed by atoms with Crippen molar-refractivity contribution in [1.82, 2.24) is 4.98 Å². The number of para-hydroxylation sites is 1. The molecule has 2 unspecified atom stereocenters. The Kier molecular flexibility index (Phi) is 3.86. The van der Waals surface area contributed by atoms with Gasteiger partial charge in [0.15, 0.2) is 5.13 Å². The highest BCUT2D eigenvalue weighted by molar-refractivity contribution is 7.13. The molecule has 6 heteroatoms. The number of likely N-dealkylation sites (N-methyl/N-ethyl adjacent to an activating group) is 1. The van der Waals surface area contributed by atoms with E-state index in [-0.39, 0.29) is 17.4 Å². The van der Waals surface area contributed by atoms with Crippen molar-refractivity contribution in [2.24, 2.45) is 5.92 Å². The van der Waals surface area contributed by atoms with Gasteiger partial charge in [-0.05, 0) is 11.6 Å². The zero-order valence-electron chi connectivity index (χ0n) is 14.5. The minimum absolute atomic E-state index is 0.154. The third kappa shape index (κ3) is 2.47. The first-order valence-corrected chi connectivity index (χ1v) is 9.37. The summed E-state index contributed by atoms with van der Waals surface area (Å²) in [5.74, 6) is -0.288. The molecule has 1 aromatic heterocycles. The first kappa shape index (κ1) is 16.6. The van der Waals surface area contributed by atoms with Crippen LogP contribution in [0.25, 0.3) is 0 Å². The van der Waals surface area contributed by atoms with Crippen molar-refractivity contribution in [3.05, 3.63) is 53.2 Å². The van der Waals surface area contributed by atoms with Gasteiger partial charge >= 0.3 is 0 Å². The number of nitrogens with zero attached hydrogens (tertiary/aromatic N) is 2. The molecule has 2 aromatic rings. The van der Waals surface area contributed by atoms with Crippen molar-refractivity contribution in [2.75, 3.05) is 17.3 Å². The number of aromatic nitrogens is 1. The minimum atomic E-state index is -0.640. The van der Waals surface area contributed by atoms with Crippen molar-refractivity contribution in [2.45, 2.75) is 37.5 Å². The Morgan fingerprint density at radius 3 is 2.60 bits per heavy atom. The fourth-order valence-electron chi connectivity index (χ4n) is 4.03. The van der Waals surface area contributed by atoms with Gasteiger partial charge in [0.05, 0.1) is 18.2 Å². The molecule has 1 aliphatic carbocycles. The molecule has 1 aromatic carbocycles. The van der Waals surface area contributed by atoms with Gasteiger partial charge in [0.1, 0.15) is 0 Å². The van der Waals surface area contributed by atoms with Crippen LogP contribution in [0.5, 0.6) is 0 Å². The summed E-state index contributed by atoms with van der Waals surface area (Å²) < 4.78 is 0. The summed E-state index contributed by atoms with van der Waals surface area (Å²) in [6.45, 7) is 4.37. The van der Waals surface area contributed by atoms with Crippen LogP contribution in [0.4, 0.5) is 10.8 Å². The second kappa shape index (κ2) is 5.83. The van der Waals surface area contributed by atoms with Crippen LogP contribution in [-0.4, -0.2) is 40.5 Å². The van der Waals surface area contributed by atoms with E-state index in [9.17, 15) is 10.2 Å². The monoisotopic (exact) mass is 357 g/mol. The maximum absolute atomic E-state index is 10.6. The molecule has 1 aliphatic heterocycles. The lowest BCUT2D eigenvalue weighted by atomic mass is 9.71. The molecule has 5 nitrogen and oxygen atoms in total. The Morgan fingerprint density at radius 2 is 1.96 bits per heavy atom. The van der Waals surface area contributed by atoms with E-state index in [0.29, 0.717) is 0 Å². The lowest BCUT2D eigenvalue weighted by molar-refractivity contribution is -0.0824. The molecule has 0 radical (unpaired) electrons. The van der Waals surface area contributed by atoms with E-state index in [0.717, 1.165) is 10.8 Å². The predicted octanol–water partition coefficient (Wildman–Crippen LogP) is 2.59. The van der Waals surface area contributed by atoms with E-state index in [2.05, 4.69) is 47.2 Å². The van der Waals surface area contributed by atoms with Crippen molar-refractivity contribution in [1.29, 1.82) is 0 Å². The standard InChI is InChI=1S/C19H23N3O2S/c1-19(2)12-6-4-5-7-13(12)22(3)14(19)10-11-16(23)15(17(11)24)21-18-20-8-9-25-18/h4-11,15-17,23-24H,1-3H3,(H,20,21)/b14-10+. The average molecular weight is 357 g/mol. The molecule has 0 spiro atoms. The fraction of sp³-hybridized carbons (Fsp3) is 0.421.